The first-order valence-corrected chi connectivity index (χ1v) is 6.99. The number of carbonyl (C=O) groups excluding carboxylic acids is 1. The molecule has 1 aliphatic carbocycles. The highest BCUT2D eigenvalue weighted by Gasteiger charge is 2.18. The van der Waals surface area contributed by atoms with Crippen molar-refractivity contribution in [2.75, 3.05) is 7.05 Å². The summed E-state index contributed by atoms with van der Waals surface area (Å²) in [7, 11) is 1.56. The molecule has 0 spiro atoms. The molecular weight excluding hydrogens is 270 g/mol. The summed E-state index contributed by atoms with van der Waals surface area (Å²) in [5.74, 6) is 0. The van der Waals surface area contributed by atoms with Crippen LogP contribution in [0.3, 0.4) is 0 Å². The summed E-state index contributed by atoms with van der Waals surface area (Å²) in [6, 6.07) is 0. The van der Waals surface area contributed by atoms with Gasteiger partial charge in [-0.1, -0.05) is 11.6 Å². The van der Waals surface area contributed by atoms with Crippen LogP contribution < -0.4 is 5.32 Å². The summed E-state index contributed by atoms with van der Waals surface area (Å²) in [6.07, 6.45) is 7.07. The van der Waals surface area contributed by atoms with E-state index < -0.39 is 0 Å². The summed E-state index contributed by atoms with van der Waals surface area (Å²) in [5, 5.41) is 3.98. The monoisotopic (exact) mass is 283 g/mol. The van der Waals surface area contributed by atoms with E-state index >= 15 is 0 Å². The van der Waals surface area contributed by atoms with E-state index in [4.69, 9.17) is 16.4 Å². The van der Waals surface area contributed by atoms with E-state index in [1.807, 2.05) is 0 Å². The highest BCUT2D eigenvalue weighted by Crippen LogP contribution is 2.37. The van der Waals surface area contributed by atoms with Gasteiger partial charge in [-0.3, -0.25) is 4.79 Å². The van der Waals surface area contributed by atoms with E-state index in [0.29, 0.717) is 11.6 Å². The number of thiophene rings is 1. The first-order chi connectivity index (χ1) is 8.77. The average Bonchev–Trinajstić information content (AvgIpc) is 2.78. The van der Waals surface area contributed by atoms with Gasteiger partial charge in [0.2, 0.25) is 6.41 Å². The Morgan fingerprint density at radius 1 is 1.39 bits per heavy atom. The van der Waals surface area contributed by atoms with Gasteiger partial charge in [-0.15, -0.1) is 11.3 Å². The fourth-order valence-electron chi connectivity index (χ4n) is 2.05. The van der Waals surface area contributed by atoms with Crippen molar-refractivity contribution in [2.45, 2.75) is 25.7 Å². The second-order valence-corrected chi connectivity index (χ2v) is 5.40. The summed E-state index contributed by atoms with van der Waals surface area (Å²) in [5.41, 5.74) is 1.40. The lowest BCUT2D eigenvalue weighted by molar-refractivity contribution is -0.109. The summed E-state index contributed by atoms with van der Waals surface area (Å²) in [6.45, 7) is 0. The predicted molar refractivity (Wildman–Crippen MR) is 74.2 cm³/mol. The molecule has 0 saturated heterocycles. The molecule has 0 aliphatic heterocycles. The van der Waals surface area contributed by atoms with Crippen molar-refractivity contribution in [3.63, 3.8) is 0 Å². The zero-order valence-electron chi connectivity index (χ0n) is 10.1. The highest BCUT2D eigenvalue weighted by atomic mass is 35.5. The fraction of sp³-hybridized carbons (Fsp3) is 0.417. The minimum atomic E-state index is 0.620. The zero-order chi connectivity index (χ0) is 13.0. The van der Waals surface area contributed by atoms with Crippen molar-refractivity contribution in [3.8, 4) is 0 Å². The lowest BCUT2D eigenvalue weighted by Crippen LogP contribution is -1.98. The Kier molecular flexibility index (Phi) is 4.49. The average molecular weight is 284 g/mol. The maximum atomic E-state index is 9.06. The van der Waals surface area contributed by atoms with E-state index in [9.17, 15) is 0 Å². The van der Waals surface area contributed by atoms with Crippen LogP contribution in [0, 0.1) is 0 Å². The summed E-state index contributed by atoms with van der Waals surface area (Å²) >= 11 is 7.87. The van der Waals surface area contributed by atoms with Gasteiger partial charge >= 0.3 is 0 Å². The van der Waals surface area contributed by atoms with Gasteiger partial charge in [0.15, 0.2) is 0 Å². The molecule has 0 atom stereocenters. The lowest BCUT2D eigenvalue weighted by Gasteiger charge is -2.10. The number of carbonyl (C=O) groups is 1. The minimum absolute atomic E-state index is 0.620. The van der Waals surface area contributed by atoms with Crippen LogP contribution >= 0.6 is 22.9 Å². The molecule has 0 unspecified atom stereocenters. The van der Waals surface area contributed by atoms with E-state index in [1.165, 1.54) is 29.7 Å². The second-order valence-electron chi connectivity index (χ2n) is 3.96. The minimum Gasteiger partial charge on any atom is -0.362 e. The standard InChI is InChI=1S/C10H9ClN2S.C2H5NO/c11-9-8-6-3-1-2-4-7(6)14-10(8)13-5-12-9;1-3-2-4/h5H,1-4H2;2H,1H3,(H,3,4). The maximum absolute atomic E-state index is 9.06. The molecule has 1 N–H and O–H groups in total. The lowest BCUT2D eigenvalue weighted by atomic mass is 9.97. The van der Waals surface area contributed by atoms with Crippen LogP contribution in [0.2, 0.25) is 5.15 Å². The number of hydrogen-bond donors (Lipinski definition) is 1. The molecule has 0 fully saturated rings. The number of nitrogens with one attached hydrogen (secondary N) is 1. The van der Waals surface area contributed by atoms with Crippen molar-refractivity contribution >= 4 is 39.6 Å². The van der Waals surface area contributed by atoms with E-state index in [0.717, 1.165) is 16.6 Å². The molecule has 18 heavy (non-hydrogen) atoms. The van der Waals surface area contributed by atoms with Gasteiger partial charge in [0.25, 0.3) is 0 Å². The molecule has 0 bridgehead atoms. The topological polar surface area (TPSA) is 54.9 Å². The fourth-order valence-corrected chi connectivity index (χ4v) is 3.58. The Labute approximate surface area is 114 Å². The second kappa shape index (κ2) is 6.11. The Balaban J connectivity index is 0.000000267. The van der Waals surface area contributed by atoms with Crippen LogP contribution in [0.5, 0.6) is 0 Å². The molecule has 2 aromatic heterocycles. The van der Waals surface area contributed by atoms with Crippen LogP contribution in [-0.4, -0.2) is 23.4 Å². The third-order valence-corrected chi connectivity index (χ3v) is 4.31. The molecule has 2 aromatic rings. The van der Waals surface area contributed by atoms with Crippen LogP contribution in [0.15, 0.2) is 6.33 Å². The van der Waals surface area contributed by atoms with Crippen LogP contribution in [0.25, 0.3) is 10.2 Å². The van der Waals surface area contributed by atoms with Crippen LogP contribution in [0.1, 0.15) is 23.3 Å². The van der Waals surface area contributed by atoms with Crippen molar-refractivity contribution < 1.29 is 4.79 Å². The molecule has 96 valence electrons. The van der Waals surface area contributed by atoms with Crippen molar-refractivity contribution in [2.24, 2.45) is 0 Å². The third-order valence-electron chi connectivity index (χ3n) is 2.82. The molecule has 0 saturated carbocycles. The van der Waals surface area contributed by atoms with Gasteiger partial charge in [0, 0.05) is 11.9 Å². The van der Waals surface area contributed by atoms with Gasteiger partial charge in [-0.05, 0) is 31.2 Å². The normalized spacial score (nSPS) is 13.4. The number of nitrogens with zero attached hydrogens (tertiary/aromatic N) is 2. The molecule has 1 aliphatic rings. The first kappa shape index (κ1) is 13.2. The van der Waals surface area contributed by atoms with Crippen molar-refractivity contribution in [3.05, 3.63) is 21.9 Å². The Morgan fingerprint density at radius 3 is 2.83 bits per heavy atom. The molecule has 0 radical (unpaired) electrons. The summed E-state index contributed by atoms with van der Waals surface area (Å²) < 4.78 is 0. The van der Waals surface area contributed by atoms with Gasteiger partial charge in [-0.25, -0.2) is 9.97 Å². The number of aryl methyl sites for hydroxylation is 2. The number of aromatic nitrogens is 2. The third kappa shape index (κ3) is 2.62. The van der Waals surface area contributed by atoms with E-state index in [2.05, 4.69) is 15.3 Å². The van der Waals surface area contributed by atoms with Gasteiger partial charge in [0.1, 0.15) is 16.3 Å². The predicted octanol–water partition coefficient (Wildman–Crippen LogP) is 2.59. The molecule has 0 aromatic carbocycles. The van der Waals surface area contributed by atoms with Gasteiger partial charge in [-0.2, -0.15) is 0 Å². The van der Waals surface area contributed by atoms with Crippen LogP contribution in [0.4, 0.5) is 0 Å². The number of hydrogen-bond acceptors (Lipinski definition) is 4. The SMILES string of the molecule is CNC=O.Clc1ncnc2sc3c(c12)CCCC3. The molecule has 3 rings (SSSR count). The Morgan fingerprint density at radius 2 is 2.11 bits per heavy atom. The smallest absolute Gasteiger partial charge is 0.206 e. The molecule has 2 heterocycles. The molecule has 1 amide bonds. The van der Waals surface area contributed by atoms with E-state index in [1.54, 1.807) is 24.7 Å². The zero-order valence-corrected chi connectivity index (χ0v) is 11.6. The molecular formula is C12H14ClN3OS. The highest BCUT2D eigenvalue weighted by molar-refractivity contribution is 7.19. The quantitative estimate of drug-likeness (QED) is 0.646. The van der Waals surface area contributed by atoms with Crippen molar-refractivity contribution in [1.82, 2.24) is 15.3 Å². The number of rotatable bonds is 1. The number of fused-ring (bicyclic) bond motifs is 3. The molecule has 6 heteroatoms. The first-order valence-electron chi connectivity index (χ1n) is 5.79. The van der Waals surface area contributed by atoms with Gasteiger partial charge in [0.05, 0.1) is 5.39 Å². The maximum Gasteiger partial charge on any atom is 0.206 e. The molecule has 4 nitrogen and oxygen atoms in total. The van der Waals surface area contributed by atoms with Crippen molar-refractivity contribution in [1.29, 1.82) is 0 Å². The number of amides is 1. The number of halogens is 1. The van der Waals surface area contributed by atoms with E-state index in [-0.39, 0.29) is 0 Å². The largest absolute Gasteiger partial charge is 0.362 e. The Bertz CT molecular complexity index is 555. The Hall–Kier alpha value is -1.20. The summed E-state index contributed by atoms with van der Waals surface area (Å²) in [4.78, 5) is 19.9. The van der Waals surface area contributed by atoms with Crippen LogP contribution in [-0.2, 0) is 17.6 Å². The van der Waals surface area contributed by atoms with Gasteiger partial charge < -0.3 is 5.32 Å².